The summed E-state index contributed by atoms with van der Waals surface area (Å²) in [4.78, 5) is 50.2. The van der Waals surface area contributed by atoms with Crippen LogP contribution in [0.15, 0.2) is 23.6 Å². The van der Waals surface area contributed by atoms with Gasteiger partial charge in [-0.15, -0.1) is 11.3 Å². The Bertz CT molecular complexity index is 1050. The standard InChI is InChI=1S/C20H18ClN3O4S/c1-10-2-3-11(6-14(10)21)7-17(26)23-19-12-8-24(20(28)13(12)9-29-19)15-4-5-16(25)22-18(15)27/h2-3,6,9,15H,4-5,7-8H2,1H3,(H,23,26)(H,22,25,27)/t15-/m0/s1. The Balaban J connectivity index is 1.46. The van der Waals surface area contributed by atoms with Crippen LogP contribution in [-0.2, 0) is 27.3 Å². The van der Waals surface area contributed by atoms with E-state index in [0.29, 0.717) is 27.6 Å². The molecule has 0 spiro atoms. The lowest BCUT2D eigenvalue weighted by Gasteiger charge is -2.29. The van der Waals surface area contributed by atoms with E-state index >= 15 is 0 Å². The van der Waals surface area contributed by atoms with Gasteiger partial charge in [0.05, 0.1) is 18.5 Å². The summed E-state index contributed by atoms with van der Waals surface area (Å²) in [5, 5.41) is 8.06. The first-order chi connectivity index (χ1) is 13.8. The molecule has 2 aromatic rings. The number of carbonyl (C=O) groups excluding carboxylic acids is 4. The summed E-state index contributed by atoms with van der Waals surface area (Å²) in [6.07, 6.45) is 0.674. The average Bonchev–Trinajstić information content (AvgIpc) is 3.19. The van der Waals surface area contributed by atoms with E-state index in [9.17, 15) is 19.2 Å². The Labute approximate surface area is 176 Å². The Morgan fingerprint density at radius 1 is 1.34 bits per heavy atom. The molecule has 150 valence electrons. The molecule has 9 heteroatoms. The number of aryl methyl sites for hydroxylation is 1. The van der Waals surface area contributed by atoms with E-state index in [1.54, 1.807) is 11.4 Å². The number of fused-ring (bicyclic) bond motifs is 1. The molecule has 0 aliphatic carbocycles. The number of nitrogens with one attached hydrogen (secondary N) is 2. The fraction of sp³-hybridized carbons (Fsp3) is 0.300. The monoisotopic (exact) mass is 431 g/mol. The molecule has 1 saturated heterocycles. The van der Waals surface area contributed by atoms with Crippen LogP contribution in [0.3, 0.4) is 0 Å². The molecule has 7 nitrogen and oxygen atoms in total. The van der Waals surface area contributed by atoms with Crippen molar-refractivity contribution in [2.75, 3.05) is 5.32 Å². The van der Waals surface area contributed by atoms with Gasteiger partial charge < -0.3 is 10.2 Å². The Morgan fingerprint density at radius 2 is 2.14 bits per heavy atom. The summed E-state index contributed by atoms with van der Waals surface area (Å²) in [5.74, 6) is -1.24. The minimum absolute atomic E-state index is 0.164. The highest BCUT2D eigenvalue weighted by molar-refractivity contribution is 7.15. The number of halogens is 1. The number of nitrogens with zero attached hydrogens (tertiary/aromatic N) is 1. The quantitative estimate of drug-likeness (QED) is 0.727. The molecule has 2 aliphatic rings. The van der Waals surface area contributed by atoms with Crippen molar-refractivity contribution < 1.29 is 19.2 Å². The summed E-state index contributed by atoms with van der Waals surface area (Å²) < 4.78 is 0. The fourth-order valence-electron chi connectivity index (χ4n) is 3.55. The van der Waals surface area contributed by atoms with Gasteiger partial charge in [-0.05, 0) is 30.5 Å². The zero-order chi connectivity index (χ0) is 20.7. The van der Waals surface area contributed by atoms with Gasteiger partial charge in [0.1, 0.15) is 11.0 Å². The minimum Gasteiger partial charge on any atom is -0.322 e. The molecule has 2 aliphatic heterocycles. The molecule has 0 bridgehead atoms. The summed E-state index contributed by atoms with van der Waals surface area (Å²) in [7, 11) is 0. The second-order valence-corrected chi connectivity index (χ2v) is 8.45. The van der Waals surface area contributed by atoms with Gasteiger partial charge in [0.15, 0.2) is 0 Å². The normalized spacial score (nSPS) is 18.6. The third-order valence-corrected chi connectivity index (χ3v) is 6.50. The highest BCUT2D eigenvalue weighted by atomic mass is 35.5. The molecule has 29 heavy (non-hydrogen) atoms. The Hall–Kier alpha value is -2.71. The third-order valence-electron chi connectivity index (χ3n) is 5.15. The van der Waals surface area contributed by atoms with Crippen molar-refractivity contribution >= 4 is 51.6 Å². The molecule has 3 heterocycles. The molecule has 1 fully saturated rings. The van der Waals surface area contributed by atoms with E-state index in [1.165, 1.54) is 16.2 Å². The van der Waals surface area contributed by atoms with Gasteiger partial charge in [-0.2, -0.15) is 0 Å². The molecule has 2 N–H and O–H groups in total. The molecule has 1 aromatic heterocycles. The molecule has 4 rings (SSSR count). The molecule has 1 atom stereocenters. The Kier molecular flexibility index (Phi) is 5.14. The smallest absolute Gasteiger partial charge is 0.256 e. The molecule has 1 aromatic carbocycles. The maximum atomic E-state index is 12.7. The zero-order valence-corrected chi connectivity index (χ0v) is 17.2. The van der Waals surface area contributed by atoms with Gasteiger partial charge in [-0.3, -0.25) is 24.5 Å². The molecule has 0 radical (unpaired) electrons. The second-order valence-electron chi connectivity index (χ2n) is 7.17. The van der Waals surface area contributed by atoms with Gasteiger partial charge >= 0.3 is 0 Å². The SMILES string of the molecule is Cc1ccc(CC(=O)Nc2scc3c2CN([C@H]2CCC(=O)NC2=O)C3=O)cc1Cl. The molecular formula is C20H18ClN3O4S. The average molecular weight is 432 g/mol. The number of anilines is 1. The summed E-state index contributed by atoms with van der Waals surface area (Å²) in [6, 6.07) is 4.82. The predicted molar refractivity (Wildman–Crippen MR) is 109 cm³/mol. The lowest BCUT2D eigenvalue weighted by Crippen LogP contribution is -2.52. The molecule has 0 unspecified atom stereocenters. The van der Waals surface area contributed by atoms with Crippen LogP contribution < -0.4 is 10.6 Å². The van der Waals surface area contributed by atoms with E-state index in [4.69, 9.17) is 11.6 Å². The summed E-state index contributed by atoms with van der Waals surface area (Å²) in [5.41, 5.74) is 2.94. The number of piperidine rings is 1. The van der Waals surface area contributed by atoms with E-state index in [1.807, 2.05) is 19.1 Å². The van der Waals surface area contributed by atoms with Crippen molar-refractivity contribution in [2.45, 2.75) is 38.8 Å². The predicted octanol–water partition coefficient (Wildman–Crippen LogP) is 2.65. The maximum absolute atomic E-state index is 12.7. The van der Waals surface area contributed by atoms with Crippen LogP contribution in [0.25, 0.3) is 0 Å². The third kappa shape index (κ3) is 3.77. The maximum Gasteiger partial charge on any atom is 0.256 e. The first kappa shape index (κ1) is 19.6. The van der Waals surface area contributed by atoms with Crippen molar-refractivity contribution in [3.63, 3.8) is 0 Å². The Morgan fingerprint density at radius 3 is 2.86 bits per heavy atom. The largest absolute Gasteiger partial charge is 0.322 e. The van der Waals surface area contributed by atoms with Crippen molar-refractivity contribution in [1.29, 1.82) is 0 Å². The van der Waals surface area contributed by atoms with E-state index in [2.05, 4.69) is 10.6 Å². The molecule has 0 saturated carbocycles. The first-order valence-corrected chi connectivity index (χ1v) is 10.4. The lowest BCUT2D eigenvalue weighted by molar-refractivity contribution is -0.137. The number of carbonyl (C=O) groups is 4. The van der Waals surface area contributed by atoms with Crippen molar-refractivity contribution in [3.05, 3.63) is 50.9 Å². The number of rotatable bonds is 4. The van der Waals surface area contributed by atoms with Crippen molar-refractivity contribution in [1.82, 2.24) is 10.2 Å². The van der Waals surface area contributed by atoms with Gasteiger partial charge in [0, 0.05) is 22.4 Å². The van der Waals surface area contributed by atoms with Gasteiger partial charge in [-0.25, -0.2) is 0 Å². The second kappa shape index (κ2) is 7.61. The van der Waals surface area contributed by atoms with Gasteiger partial charge in [0.2, 0.25) is 17.7 Å². The summed E-state index contributed by atoms with van der Waals surface area (Å²) in [6.45, 7) is 2.13. The zero-order valence-electron chi connectivity index (χ0n) is 15.6. The number of hydrogen-bond acceptors (Lipinski definition) is 5. The summed E-state index contributed by atoms with van der Waals surface area (Å²) >= 11 is 7.41. The van der Waals surface area contributed by atoms with Crippen LogP contribution in [0.2, 0.25) is 5.02 Å². The van der Waals surface area contributed by atoms with Crippen LogP contribution in [0.4, 0.5) is 5.00 Å². The highest BCUT2D eigenvalue weighted by Crippen LogP contribution is 2.37. The first-order valence-electron chi connectivity index (χ1n) is 9.13. The van der Waals surface area contributed by atoms with E-state index in [0.717, 1.165) is 11.1 Å². The number of hydrogen-bond donors (Lipinski definition) is 2. The van der Waals surface area contributed by atoms with Gasteiger partial charge in [-0.1, -0.05) is 23.7 Å². The molecular weight excluding hydrogens is 414 g/mol. The van der Waals surface area contributed by atoms with E-state index < -0.39 is 11.9 Å². The topological polar surface area (TPSA) is 95.6 Å². The molecule has 4 amide bonds. The number of amides is 4. The van der Waals surface area contributed by atoms with Crippen molar-refractivity contribution in [3.8, 4) is 0 Å². The highest BCUT2D eigenvalue weighted by Gasteiger charge is 2.40. The van der Waals surface area contributed by atoms with Crippen LogP contribution in [0.5, 0.6) is 0 Å². The number of imide groups is 1. The minimum atomic E-state index is -0.671. The number of thiophene rings is 1. The van der Waals surface area contributed by atoms with Crippen LogP contribution in [-0.4, -0.2) is 34.6 Å². The number of benzene rings is 1. The van der Waals surface area contributed by atoms with Crippen molar-refractivity contribution in [2.24, 2.45) is 0 Å². The van der Waals surface area contributed by atoms with Crippen LogP contribution in [0, 0.1) is 6.92 Å². The van der Waals surface area contributed by atoms with Gasteiger partial charge in [0.25, 0.3) is 5.91 Å². The van der Waals surface area contributed by atoms with Crippen LogP contribution >= 0.6 is 22.9 Å². The van der Waals surface area contributed by atoms with E-state index in [-0.39, 0.29) is 37.1 Å². The fourth-order valence-corrected chi connectivity index (χ4v) is 4.73. The lowest BCUT2D eigenvalue weighted by atomic mass is 10.0. The van der Waals surface area contributed by atoms with Crippen LogP contribution in [0.1, 0.15) is 39.9 Å².